The maximum Gasteiger partial charge on any atom is 0.124 e. The minimum absolute atomic E-state index is 0.360. The lowest BCUT2D eigenvalue weighted by atomic mass is 10.1. The molecule has 0 spiro atoms. The molecule has 18 heavy (non-hydrogen) atoms. The van der Waals surface area contributed by atoms with Crippen molar-refractivity contribution in [2.45, 2.75) is 18.9 Å². The Balaban J connectivity index is 2.13. The van der Waals surface area contributed by atoms with Crippen LogP contribution in [0, 0.1) is 17.1 Å². The summed E-state index contributed by atoms with van der Waals surface area (Å²) >= 11 is 0. The molecular weight excluding hydrogens is 229 g/mol. The summed E-state index contributed by atoms with van der Waals surface area (Å²) in [5.74, 6) is -0.360. The molecule has 4 heteroatoms. The van der Waals surface area contributed by atoms with E-state index in [2.05, 4.69) is 18.0 Å². The fraction of sp³-hybridized carbons (Fsp3) is 0.500. The van der Waals surface area contributed by atoms with E-state index in [1.165, 1.54) is 25.0 Å². The smallest absolute Gasteiger partial charge is 0.124 e. The Bertz CT molecular complexity index is 467. The largest absolute Gasteiger partial charge is 0.372 e. The van der Waals surface area contributed by atoms with Crippen molar-refractivity contribution < 1.29 is 4.39 Å². The highest BCUT2D eigenvalue weighted by atomic mass is 19.1. The lowest BCUT2D eigenvalue weighted by molar-refractivity contribution is 0.314. The Morgan fingerprint density at radius 2 is 2.33 bits per heavy atom. The van der Waals surface area contributed by atoms with Crippen molar-refractivity contribution in [1.82, 2.24) is 4.90 Å². The summed E-state index contributed by atoms with van der Waals surface area (Å²) in [5.41, 5.74) is 1.21. The van der Waals surface area contributed by atoms with E-state index >= 15 is 0 Å². The van der Waals surface area contributed by atoms with Crippen molar-refractivity contribution in [3.63, 3.8) is 0 Å². The van der Waals surface area contributed by atoms with Crippen LogP contribution in [-0.2, 0) is 0 Å². The number of halogens is 1. The highest BCUT2D eigenvalue weighted by molar-refractivity contribution is 5.59. The number of anilines is 1. The zero-order chi connectivity index (χ0) is 13.1. The van der Waals surface area contributed by atoms with Gasteiger partial charge in [0.25, 0.3) is 0 Å². The van der Waals surface area contributed by atoms with Crippen LogP contribution in [0.5, 0.6) is 0 Å². The zero-order valence-corrected chi connectivity index (χ0v) is 10.9. The molecule has 96 valence electrons. The third-order valence-corrected chi connectivity index (χ3v) is 3.65. The van der Waals surface area contributed by atoms with Crippen molar-refractivity contribution in [1.29, 1.82) is 5.26 Å². The van der Waals surface area contributed by atoms with Gasteiger partial charge < -0.3 is 9.80 Å². The molecule has 1 aromatic carbocycles. The summed E-state index contributed by atoms with van der Waals surface area (Å²) in [5, 5.41) is 9.05. The number of nitrogens with zero attached hydrogens (tertiary/aromatic N) is 3. The molecule has 1 aliphatic rings. The Kier molecular flexibility index (Phi) is 3.83. The van der Waals surface area contributed by atoms with Crippen molar-refractivity contribution in [3.05, 3.63) is 29.6 Å². The molecule has 1 saturated heterocycles. The maximum absolute atomic E-state index is 13.1. The lowest BCUT2D eigenvalue weighted by Crippen LogP contribution is -2.36. The van der Waals surface area contributed by atoms with Crippen LogP contribution in [0.4, 0.5) is 10.1 Å². The molecule has 0 amide bonds. The van der Waals surface area contributed by atoms with Gasteiger partial charge in [-0.15, -0.1) is 0 Å². The molecule has 0 bridgehead atoms. The van der Waals surface area contributed by atoms with E-state index in [-0.39, 0.29) is 5.82 Å². The zero-order valence-electron chi connectivity index (χ0n) is 10.9. The van der Waals surface area contributed by atoms with E-state index in [9.17, 15) is 4.39 Å². The minimum atomic E-state index is -0.360. The number of rotatable bonds is 3. The number of hydrogen-bond donors (Lipinski definition) is 0. The number of hydrogen-bond acceptors (Lipinski definition) is 3. The second-order valence-corrected chi connectivity index (χ2v) is 4.93. The van der Waals surface area contributed by atoms with Crippen molar-refractivity contribution in [2.24, 2.45) is 0 Å². The monoisotopic (exact) mass is 247 g/mol. The first-order valence-corrected chi connectivity index (χ1v) is 6.23. The minimum Gasteiger partial charge on any atom is -0.372 e. The quantitative estimate of drug-likeness (QED) is 0.820. The van der Waals surface area contributed by atoms with Crippen molar-refractivity contribution in [3.8, 4) is 6.07 Å². The van der Waals surface area contributed by atoms with E-state index in [0.717, 1.165) is 18.8 Å². The van der Waals surface area contributed by atoms with Gasteiger partial charge in [0, 0.05) is 19.6 Å². The van der Waals surface area contributed by atoms with E-state index in [4.69, 9.17) is 5.26 Å². The summed E-state index contributed by atoms with van der Waals surface area (Å²) in [6.45, 7) is 2.00. The molecule has 1 heterocycles. The van der Waals surface area contributed by atoms with Gasteiger partial charge in [-0.1, -0.05) is 0 Å². The molecule has 0 aromatic heterocycles. The first-order chi connectivity index (χ1) is 8.61. The molecule has 1 atom stereocenters. The summed E-state index contributed by atoms with van der Waals surface area (Å²) in [4.78, 5) is 4.39. The molecule has 1 aromatic rings. The molecule has 2 rings (SSSR count). The first kappa shape index (κ1) is 12.8. The highest BCUT2D eigenvalue weighted by Gasteiger charge is 2.22. The number of likely N-dealkylation sites (N-methyl/N-ethyl adjacent to an activating group) is 2. The normalized spacial score (nSPS) is 19.8. The third kappa shape index (κ3) is 2.62. The molecule has 0 radical (unpaired) electrons. The van der Waals surface area contributed by atoms with Gasteiger partial charge in [0.2, 0.25) is 0 Å². The Labute approximate surface area is 107 Å². The van der Waals surface area contributed by atoms with Crippen LogP contribution in [-0.4, -0.2) is 38.1 Å². The van der Waals surface area contributed by atoms with E-state index in [0.29, 0.717) is 11.6 Å². The van der Waals surface area contributed by atoms with Crippen LogP contribution >= 0.6 is 0 Å². The maximum atomic E-state index is 13.1. The summed E-state index contributed by atoms with van der Waals surface area (Å²) in [7, 11) is 4.08. The van der Waals surface area contributed by atoms with E-state index in [1.54, 1.807) is 6.07 Å². The molecule has 0 aliphatic carbocycles. The van der Waals surface area contributed by atoms with Gasteiger partial charge in [0.05, 0.1) is 11.3 Å². The van der Waals surface area contributed by atoms with Crippen LogP contribution in [0.2, 0.25) is 0 Å². The SMILES string of the molecule is CN(CC1CCCN1C)c1ccc(F)cc1C#N. The summed E-state index contributed by atoms with van der Waals surface area (Å²) in [6.07, 6.45) is 2.41. The Morgan fingerprint density at radius 3 is 2.94 bits per heavy atom. The first-order valence-electron chi connectivity index (χ1n) is 6.23. The van der Waals surface area contributed by atoms with Crippen LogP contribution in [0.25, 0.3) is 0 Å². The van der Waals surface area contributed by atoms with Crippen LogP contribution in [0.15, 0.2) is 18.2 Å². The van der Waals surface area contributed by atoms with Crippen molar-refractivity contribution >= 4 is 5.69 Å². The van der Waals surface area contributed by atoms with Crippen LogP contribution in [0.3, 0.4) is 0 Å². The second kappa shape index (κ2) is 5.36. The standard InChI is InChI=1S/C14H18FN3/c1-17-7-3-4-13(17)10-18(2)14-6-5-12(15)8-11(14)9-16/h5-6,8,13H,3-4,7,10H2,1-2H3. The van der Waals surface area contributed by atoms with Gasteiger partial charge in [0.1, 0.15) is 11.9 Å². The van der Waals surface area contributed by atoms with Crippen LogP contribution < -0.4 is 4.90 Å². The van der Waals surface area contributed by atoms with Gasteiger partial charge >= 0.3 is 0 Å². The van der Waals surface area contributed by atoms with Gasteiger partial charge in [-0.2, -0.15) is 5.26 Å². The average Bonchev–Trinajstić information content (AvgIpc) is 2.74. The molecule has 0 N–H and O–H groups in total. The number of likely N-dealkylation sites (tertiary alicyclic amines) is 1. The fourth-order valence-electron chi connectivity index (χ4n) is 2.56. The third-order valence-electron chi connectivity index (χ3n) is 3.65. The summed E-state index contributed by atoms with van der Waals surface area (Å²) in [6, 6.07) is 6.97. The lowest BCUT2D eigenvalue weighted by Gasteiger charge is -2.27. The van der Waals surface area contributed by atoms with Crippen molar-refractivity contribution in [2.75, 3.05) is 32.1 Å². The summed E-state index contributed by atoms with van der Waals surface area (Å²) < 4.78 is 13.1. The Hall–Kier alpha value is -1.60. The molecular formula is C14H18FN3. The average molecular weight is 247 g/mol. The molecule has 1 fully saturated rings. The molecule has 0 saturated carbocycles. The van der Waals surface area contributed by atoms with Gasteiger partial charge in [-0.25, -0.2) is 4.39 Å². The number of benzene rings is 1. The molecule has 1 aliphatic heterocycles. The predicted molar refractivity (Wildman–Crippen MR) is 70.0 cm³/mol. The van der Waals surface area contributed by atoms with Gasteiger partial charge in [0.15, 0.2) is 0 Å². The fourth-order valence-corrected chi connectivity index (χ4v) is 2.56. The second-order valence-electron chi connectivity index (χ2n) is 4.93. The van der Waals surface area contributed by atoms with Gasteiger partial charge in [-0.3, -0.25) is 0 Å². The number of nitriles is 1. The van der Waals surface area contributed by atoms with E-state index in [1.807, 2.05) is 11.9 Å². The topological polar surface area (TPSA) is 30.3 Å². The van der Waals surface area contributed by atoms with Gasteiger partial charge in [-0.05, 0) is 44.6 Å². The predicted octanol–water partition coefficient (Wildman–Crippen LogP) is 2.23. The molecule has 3 nitrogen and oxygen atoms in total. The van der Waals surface area contributed by atoms with Crippen LogP contribution in [0.1, 0.15) is 18.4 Å². The highest BCUT2D eigenvalue weighted by Crippen LogP contribution is 2.23. The molecule has 1 unspecified atom stereocenters. The Morgan fingerprint density at radius 1 is 1.56 bits per heavy atom. The van der Waals surface area contributed by atoms with E-state index < -0.39 is 0 Å².